The highest BCUT2D eigenvalue weighted by molar-refractivity contribution is 7.89. The Balaban J connectivity index is 2.95. The van der Waals surface area contributed by atoms with Crippen molar-refractivity contribution in [2.24, 2.45) is 5.92 Å². The van der Waals surface area contributed by atoms with Crippen LogP contribution in [0.15, 0.2) is 29.2 Å². The molecule has 0 saturated heterocycles. The Labute approximate surface area is 118 Å². The summed E-state index contributed by atoms with van der Waals surface area (Å²) in [5, 5.41) is 9.02. The lowest BCUT2D eigenvalue weighted by Crippen LogP contribution is -2.44. The molecule has 2 N–H and O–H groups in total. The molecule has 0 spiro atoms. The average Bonchev–Trinajstić information content (AvgIpc) is 2.36. The summed E-state index contributed by atoms with van der Waals surface area (Å²) in [4.78, 5) is 11.0. The van der Waals surface area contributed by atoms with Gasteiger partial charge in [-0.25, -0.2) is 8.42 Å². The van der Waals surface area contributed by atoms with Gasteiger partial charge in [0.25, 0.3) is 0 Å². The van der Waals surface area contributed by atoms with Crippen molar-refractivity contribution in [3.63, 3.8) is 0 Å². The maximum Gasteiger partial charge on any atom is 0.322 e. The fourth-order valence-corrected chi connectivity index (χ4v) is 2.93. The van der Waals surface area contributed by atoms with Crippen molar-refractivity contribution >= 4 is 16.0 Å². The van der Waals surface area contributed by atoms with Crippen LogP contribution in [0.2, 0.25) is 0 Å². The van der Waals surface area contributed by atoms with Crippen LogP contribution in [0.5, 0.6) is 5.75 Å². The molecule has 0 fully saturated rings. The van der Waals surface area contributed by atoms with Gasteiger partial charge >= 0.3 is 5.97 Å². The zero-order valence-corrected chi connectivity index (χ0v) is 12.5. The highest BCUT2D eigenvalue weighted by atomic mass is 32.2. The van der Waals surface area contributed by atoms with Gasteiger partial charge in [-0.05, 0) is 37.1 Å². The number of hydrogen-bond acceptors (Lipinski definition) is 4. The van der Waals surface area contributed by atoms with Gasteiger partial charge in [-0.1, -0.05) is 13.8 Å². The van der Waals surface area contributed by atoms with Crippen molar-refractivity contribution in [1.82, 2.24) is 4.72 Å². The number of hydrogen-bond donors (Lipinski definition) is 2. The molecular weight excluding hydrogens is 282 g/mol. The van der Waals surface area contributed by atoms with Crippen molar-refractivity contribution in [2.75, 3.05) is 6.61 Å². The van der Waals surface area contributed by atoms with Crippen molar-refractivity contribution < 1.29 is 23.1 Å². The zero-order chi connectivity index (χ0) is 15.3. The molecule has 0 aliphatic carbocycles. The van der Waals surface area contributed by atoms with E-state index in [4.69, 9.17) is 9.84 Å². The number of rotatable bonds is 7. The van der Waals surface area contributed by atoms with Gasteiger partial charge in [-0.2, -0.15) is 4.72 Å². The van der Waals surface area contributed by atoms with Gasteiger partial charge in [-0.3, -0.25) is 4.79 Å². The standard InChI is InChI=1S/C13H19NO5S/c1-4-19-10-5-7-11(8-6-10)20(17,18)14-12(9(2)3)13(15)16/h5-9,12,14H,4H2,1-3H3,(H,15,16). The lowest BCUT2D eigenvalue weighted by atomic mass is 10.1. The number of ether oxygens (including phenoxy) is 1. The number of carboxylic acid groups (broad SMARTS) is 1. The first-order chi connectivity index (χ1) is 9.27. The van der Waals surface area contributed by atoms with Gasteiger partial charge in [0.1, 0.15) is 11.8 Å². The van der Waals surface area contributed by atoms with Gasteiger partial charge in [0.05, 0.1) is 11.5 Å². The first kappa shape index (κ1) is 16.5. The third-order valence-electron chi connectivity index (χ3n) is 2.66. The molecule has 0 amide bonds. The van der Waals surface area contributed by atoms with E-state index in [0.717, 1.165) is 0 Å². The number of nitrogens with one attached hydrogen (secondary N) is 1. The van der Waals surface area contributed by atoms with E-state index in [2.05, 4.69) is 4.72 Å². The first-order valence-electron chi connectivity index (χ1n) is 6.26. The molecule has 0 aliphatic heterocycles. The van der Waals surface area contributed by atoms with Crippen LogP contribution in [0.3, 0.4) is 0 Å². The summed E-state index contributed by atoms with van der Waals surface area (Å²) in [6.07, 6.45) is 0. The molecule has 20 heavy (non-hydrogen) atoms. The lowest BCUT2D eigenvalue weighted by molar-refractivity contribution is -0.140. The third-order valence-corrected chi connectivity index (χ3v) is 4.12. The maximum atomic E-state index is 12.1. The molecule has 0 aliphatic rings. The summed E-state index contributed by atoms with van der Waals surface area (Å²) in [6.45, 7) is 5.59. The topological polar surface area (TPSA) is 92.7 Å². The Morgan fingerprint density at radius 1 is 1.30 bits per heavy atom. The molecule has 0 saturated carbocycles. The fraction of sp³-hybridized carbons (Fsp3) is 0.462. The quantitative estimate of drug-likeness (QED) is 0.795. The van der Waals surface area contributed by atoms with Crippen LogP contribution >= 0.6 is 0 Å². The summed E-state index contributed by atoms with van der Waals surface area (Å²) in [6, 6.07) is 4.66. The summed E-state index contributed by atoms with van der Waals surface area (Å²) in [5.41, 5.74) is 0. The molecule has 112 valence electrons. The summed E-state index contributed by atoms with van der Waals surface area (Å²) < 4.78 is 31.6. The largest absolute Gasteiger partial charge is 0.494 e. The summed E-state index contributed by atoms with van der Waals surface area (Å²) in [7, 11) is -3.87. The molecule has 7 heteroatoms. The molecule has 0 heterocycles. The van der Waals surface area contributed by atoms with E-state index in [9.17, 15) is 13.2 Å². The van der Waals surface area contributed by atoms with E-state index >= 15 is 0 Å². The molecule has 1 unspecified atom stereocenters. The van der Waals surface area contributed by atoms with Gasteiger partial charge < -0.3 is 9.84 Å². The van der Waals surface area contributed by atoms with Crippen molar-refractivity contribution in [3.05, 3.63) is 24.3 Å². The number of carboxylic acids is 1. The smallest absolute Gasteiger partial charge is 0.322 e. The van der Waals surface area contributed by atoms with Gasteiger partial charge in [-0.15, -0.1) is 0 Å². The molecule has 1 atom stereocenters. The Bertz CT molecular complexity index is 551. The number of benzene rings is 1. The van der Waals surface area contributed by atoms with Crippen LogP contribution in [-0.4, -0.2) is 32.1 Å². The Kier molecular flexibility index (Phi) is 5.52. The third kappa shape index (κ3) is 4.21. The molecule has 6 nitrogen and oxygen atoms in total. The van der Waals surface area contributed by atoms with E-state index in [-0.39, 0.29) is 10.8 Å². The minimum atomic E-state index is -3.87. The van der Waals surface area contributed by atoms with E-state index in [1.165, 1.54) is 24.3 Å². The predicted octanol–water partition coefficient (Wildman–Crippen LogP) is 1.47. The van der Waals surface area contributed by atoms with Crippen LogP contribution in [0.4, 0.5) is 0 Å². The second kappa shape index (κ2) is 6.71. The van der Waals surface area contributed by atoms with E-state index in [1.54, 1.807) is 13.8 Å². The molecule has 1 rings (SSSR count). The van der Waals surface area contributed by atoms with Crippen LogP contribution in [0.1, 0.15) is 20.8 Å². The Morgan fingerprint density at radius 2 is 1.85 bits per heavy atom. The second-order valence-electron chi connectivity index (χ2n) is 4.59. The molecule has 0 radical (unpaired) electrons. The van der Waals surface area contributed by atoms with Gasteiger partial charge in [0.2, 0.25) is 10.0 Å². The first-order valence-corrected chi connectivity index (χ1v) is 7.74. The summed E-state index contributed by atoms with van der Waals surface area (Å²) >= 11 is 0. The molecule has 0 aromatic heterocycles. The van der Waals surface area contributed by atoms with Gasteiger partial charge in [0.15, 0.2) is 0 Å². The zero-order valence-electron chi connectivity index (χ0n) is 11.7. The van der Waals surface area contributed by atoms with Crippen molar-refractivity contribution in [2.45, 2.75) is 31.7 Å². The predicted molar refractivity (Wildman–Crippen MR) is 74.2 cm³/mol. The van der Waals surface area contributed by atoms with E-state index in [0.29, 0.717) is 12.4 Å². The van der Waals surface area contributed by atoms with E-state index < -0.39 is 22.0 Å². The fourth-order valence-electron chi connectivity index (χ4n) is 1.59. The van der Waals surface area contributed by atoms with Crippen LogP contribution in [-0.2, 0) is 14.8 Å². The van der Waals surface area contributed by atoms with Crippen LogP contribution in [0.25, 0.3) is 0 Å². The Morgan fingerprint density at radius 3 is 2.25 bits per heavy atom. The SMILES string of the molecule is CCOc1ccc(S(=O)(=O)NC(C(=O)O)C(C)C)cc1. The number of carbonyl (C=O) groups is 1. The molecule has 1 aromatic rings. The highest BCUT2D eigenvalue weighted by Crippen LogP contribution is 2.17. The highest BCUT2D eigenvalue weighted by Gasteiger charge is 2.27. The Hall–Kier alpha value is -1.60. The maximum absolute atomic E-state index is 12.1. The average molecular weight is 301 g/mol. The number of aliphatic carboxylic acids is 1. The molecule has 1 aromatic carbocycles. The van der Waals surface area contributed by atoms with Crippen LogP contribution < -0.4 is 9.46 Å². The minimum Gasteiger partial charge on any atom is -0.494 e. The van der Waals surface area contributed by atoms with Gasteiger partial charge in [0, 0.05) is 0 Å². The monoisotopic (exact) mass is 301 g/mol. The van der Waals surface area contributed by atoms with Crippen LogP contribution in [0, 0.1) is 5.92 Å². The number of sulfonamides is 1. The molecular formula is C13H19NO5S. The second-order valence-corrected chi connectivity index (χ2v) is 6.30. The lowest BCUT2D eigenvalue weighted by Gasteiger charge is -2.18. The van der Waals surface area contributed by atoms with Crippen molar-refractivity contribution in [3.8, 4) is 5.75 Å². The van der Waals surface area contributed by atoms with Crippen molar-refractivity contribution in [1.29, 1.82) is 0 Å². The van der Waals surface area contributed by atoms with E-state index in [1.807, 2.05) is 6.92 Å². The molecule has 0 bridgehead atoms. The normalized spacial score (nSPS) is 13.2. The minimum absolute atomic E-state index is 0.00727. The summed E-state index contributed by atoms with van der Waals surface area (Å²) in [5.74, 6) is -0.996.